The first-order valence-electron chi connectivity index (χ1n) is 9.45. The largest absolute Gasteiger partial charge is 0.496 e. The van der Waals surface area contributed by atoms with Gasteiger partial charge in [-0.15, -0.1) is 0 Å². The van der Waals surface area contributed by atoms with Crippen LogP contribution in [0.2, 0.25) is 0 Å². The number of nitrogens with zero attached hydrogens (tertiary/aromatic N) is 2. The molecule has 0 saturated heterocycles. The van der Waals surface area contributed by atoms with Gasteiger partial charge in [-0.05, 0) is 50.5 Å². The van der Waals surface area contributed by atoms with Gasteiger partial charge in [-0.1, -0.05) is 17.7 Å². The van der Waals surface area contributed by atoms with Crippen molar-refractivity contribution in [2.75, 3.05) is 25.7 Å². The number of carbonyl (C=O) groups excluding carboxylic acids is 1. The Balaban J connectivity index is 1.71. The zero-order valence-corrected chi connectivity index (χ0v) is 17.3. The van der Waals surface area contributed by atoms with Crippen LogP contribution in [0.15, 0.2) is 30.3 Å². The number of hydrogen-bond acceptors (Lipinski definition) is 4. The normalized spacial score (nSPS) is 9.77. The second-order valence-electron chi connectivity index (χ2n) is 6.60. The fourth-order valence-corrected chi connectivity index (χ4v) is 2.74. The second kappa shape index (κ2) is 11.2. The summed E-state index contributed by atoms with van der Waals surface area (Å²) in [5.41, 5.74) is 8.30. The molecule has 0 spiro atoms. The van der Waals surface area contributed by atoms with Gasteiger partial charge in [0.15, 0.2) is 11.4 Å². The molecule has 2 amide bonds. The molecule has 0 saturated carbocycles. The van der Waals surface area contributed by atoms with E-state index in [9.17, 15) is 4.79 Å². The van der Waals surface area contributed by atoms with Crippen molar-refractivity contribution >= 4 is 23.1 Å². The predicted octanol–water partition coefficient (Wildman–Crippen LogP) is 4.90. The lowest BCUT2D eigenvalue weighted by atomic mass is 10.1. The van der Waals surface area contributed by atoms with Crippen molar-refractivity contribution in [3.05, 3.63) is 64.3 Å². The molecule has 0 aliphatic heterocycles. The summed E-state index contributed by atoms with van der Waals surface area (Å²) in [6.45, 7) is 19.4. The summed E-state index contributed by atoms with van der Waals surface area (Å²) in [6, 6.07) is 8.58. The molecule has 156 valence electrons. The summed E-state index contributed by atoms with van der Waals surface area (Å²) in [7, 11) is 1.45. The molecule has 2 aromatic carbocycles. The Kier molecular flexibility index (Phi) is 8.34. The van der Waals surface area contributed by atoms with Gasteiger partial charge in [0.2, 0.25) is 0 Å². The molecular formula is C22H25N5O3. The minimum Gasteiger partial charge on any atom is -0.496 e. The lowest BCUT2D eigenvalue weighted by Gasteiger charge is -2.14. The van der Waals surface area contributed by atoms with Crippen LogP contribution < -0.4 is 25.6 Å². The van der Waals surface area contributed by atoms with E-state index in [0.717, 1.165) is 24.2 Å². The molecule has 0 bridgehead atoms. The van der Waals surface area contributed by atoms with Crippen molar-refractivity contribution in [3.8, 4) is 11.5 Å². The van der Waals surface area contributed by atoms with Crippen LogP contribution in [-0.4, -0.2) is 26.3 Å². The monoisotopic (exact) mass is 407 g/mol. The number of anilines is 1. The van der Waals surface area contributed by atoms with E-state index >= 15 is 0 Å². The van der Waals surface area contributed by atoms with E-state index in [-0.39, 0.29) is 11.4 Å². The van der Waals surface area contributed by atoms with Crippen molar-refractivity contribution in [3.63, 3.8) is 0 Å². The number of amides is 2. The number of unbranched alkanes of at least 4 members (excludes halogenated alkanes) is 1. The zero-order chi connectivity index (χ0) is 21.9. The number of methoxy groups -OCH3 is 1. The van der Waals surface area contributed by atoms with Gasteiger partial charge >= 0.3 is 6.03 Å². The van der Waals surface area contributed by atoms with Gasteiger partial charge < -0.3 is 14.8 Å². The third-order valence-corrected chi connectivity index (χ3v) is 4.29. The number of urea groups is 1. The van der Waals surface area contributed by atoms with Crippen molar-refractivity contribution in [2.45, 2.75) is 26.7 Å². The molecule has 0 unspecified atom stereocenters. The molecule has 0 aliphatic rings. The van der Waals surface area contributed by atoms with Crippen LogP contribution in [0.4, 0.5) is 21.9 Å². The van der Waals surface area contributed by atoms with Gasteiger partial charge in [0, 0.05) is 6.54 Å². The molecule has 8 heteroatoms. The van der Waals surface area contributed by atoms with Crippen LogP contribution >= 0.6 is 0 Å². The maximum atomic E-state index is 12.0. The number of rotatable bonds is 9. The Morgan fingerprint density at radius 2 is 1.77 bits per heavy atom. The van der Waals surface area contributed by atoms with Crippen molar-refractivity contribution < 1.29 is 14.3 Å². The third kappa shape index (κ3) is 6.32. The number of hydrazine groups is 1. The van der Waals surface area contributed by atoms with Gasteiger partial charge in [-0.2, -0.15) is 0 Å². The Labute approximate surface area is 176 Å². The van der Waals surface area contributed by atoms with Gasteiger partial charge in [0.1, 0.15) is 11.5 Å². The highest BCUT2D eigenvalue weighted by Gasteiger charge is 2.11. The number of nitrogens with one attached hydrogen (secondary N) is 3. The molecule has 3 N–H and O–H groups in total. The lowest BCUT2D eigenvalue weighted by Crippen LogP contribution is -2.39. The number of benzene rings is 2. The average molecular weight is 407 g/mol. The van der Waals surface area contributed by atoms with Crippen LogP contribution in [0.1, 0.15) is 24.0 Å². The van der Waals surface area contributed by atoms with Crippen molar-refractivity contribution in [2.24, 2.45) is 0 Å². The van der Waals surface area contributed by atoms with E-state index < -0.39 is 6.03 Å². The van der Waals surface area contributed by atoms with Gasteiger partial charge in [-0.3, -0.25) is 15.7 Å². The molecule has 0 heterocycles. The molecule has 0 fully saturated rings. The summed E-state index contributed by atoms with van der Waals surface area (Å²) >= 11 is 0. The fourth-order valence-electron chi connectivity index (χ4n) is 2.74. The van der Waals surface area contributed by atoms with Crippen LogP contribution in [0.3, 0.4) is 0 Å². The van der Waals surface area contributed by atoms with Crippen molar-refractivity contribution in [1.29, 1.82) is 0 Å². The van der Waals surface area contributed by atoms with E-state index in [1.54, 1.807) is 0 Å². The van der Waals surface area contributed by atoms with Crippen LogP contribution in [0.25, 0.3) is 9.69 Å². The Bertz CT molecular complexity index is 976. The van der Waals surface area contributed by atoms with E-state index in [4.69, 9.17) is 22.6 Å². The number of aryl methyl sites for hydroxylation is 2. The summed E-state index contributed by atoms with van der Waals surface area (Å²) in [5, 5.41) is 2.74. The second-order valence-corrected chi connectivity index (χ2v) is 6.60. The molecule has 2 rings (SSSR count). The first kappa shape index (κ1) is 22.4. The average Bonchev–Trinajstić information content (AvgIpc) is 2.75. The third-order valence-electron chi connectivity index (χ3n) is 4.29. The topological polar surface area (TPSA) is 80.3 Å². The van der Waals surface area contributed by atoms with Crippen molar-refractivity contribution in [1.82, 2.24) is 10.7 Å². The molecule has 0 aromatic heterocycles. The number of hydrogen-bond donors (Lipinski definition) is 3. The summed E-state index contributed by atoms with van der Waals surface area (Å²) < 4.78 is 11.0. The highest BCUT2D eigenvalue weighted by atomic mass is 16.5. The van der Waals surface area contributed by atoms with E-state index in [0.29, 0.717) is 24.6 Å². The Morgan fingerprint density at radius 1 is 1.03 bits per heavy atom. The van der Waals surface area contributed by atoms with Crippen LogP contribution in [0, 0.1) is 27.0 Å². The van der Waals surface area contributed by atoms with E-state index in [1.807, 2.05) is 26.0 Å². The van der Waals surface area contributed by atoms with Gasteiger partial charge in [0.25, 0.3) is 0 Å². The SMILES string of the molecule is [C-]#[N+]c1cc(NNC(=O)NCCCCOc2ccc(C)cc2C)c(OC)cc1[N+]#[C-]. The fraction of sp³-hybridized carbons (Fsp3) is 0.318. The van der Waals surface area contributed by atoms with Crippen LogP contribution in [-0.2, 0) is 0 Å². The minimum absolute atomic E-state index is 0.180. The smallest absolute Gasteiger partial charge is 0.333 e. The maximum absolute atomic E-state index is 12.0. The van der Waals surface area contributed by atoms with E-state index in [2.05, 4.69) is 31.9 Å². The van der Waals surface area contributed by atoms with Gasteiger partial charge in [-0.25, -0.2) is 9.64 Å². The molecule has 30 heavy (non-hydrogen) atoms. The highest BCUT2D eigenvalue weighted by molar-refractivity contribution is 5.81. The zero-order valence-electron chi connectivity index (χ0n) is 17.3. The maximum Gasteiger partial charge on any atom is 0.333 e. The molecular weight excluding hydrogens is 382 g/mol. The lowest BCUT2D eigenvalue weighted by molar-refractivity contribution is 0.241. The molecule has 0 radical (unpaired) electrons. The number of carbonyl (C=O) groups is 1. The molecule has 0 atom stereocenters. The molecule has 8 nitrogen and oxygen atoms in total. The Hall–Kier alpha value is -3.91. The summed E-state index contributed by atoms with van der Waals surface area (Å²) in [6.07, 6.45) is 1.57. The predicted molar refractivity (Wildman–Crippen MR) is 116 cm³/mol. The van der Waals surface area contributed by atoms with E-state index in [1.165, 1.54) is 24.8 Å². The molecule has 0 aliphatic carbocycles. The molecule has 2 aromatic rings. The first-order valence-corrected chi connectivity index (χ1v) is 9.45. The summed E-state index contributed by atoms with van der Waals surface area (Å²) in [5.74, 6) is 1.24. The quantitative estimate of drug-likeness (QED) is 0.314. The minimum atomic E-state index is -0.411. The standard InChI is InChI=1S/C22H25N5O3/c1-15-8-9-20(16(2)12-15)30-11-7-6-10-25-22(28)27-26-19-13-17(23-3)18(24-4)14-21(19)29-5/h8-9,12-14,26H,6-7,10-11H2,1-2,5H3,(H2,25,27,28). The first-order chi connectivity index (χ1) is 14.5. The summed E-state index contributed by atoms with van der Waals surface area (Å²) in [4.78, 5) is 18.6. The number of ether oxygens (including phenoxy) is 2. The van der Waals surface area contributed by atoms with Gasteiger partial charge in [0.05, 0.1) is 32.5 Å². The Morgan fingerprint density at radius 3 is 2.43 bits per heavy atom. The van der Waals surface area contributed by atoms with Crippen LogP contribution in [0.5, 0.6) is 11.5 Å². The highest BCUT2D eigenvalue weighted by Crippen LogP contribution is 2.38.